The Labute approximate surface area is 69.1 Å². The Hall–Kier alpha value is -0.480. The molecule has 1 aliphatic rings. The second-order valence-electron chi connectivity index (χ2n) is 3.87. The molecule has 11 heavy (non-hydrogen) atoms. The van der Waals surface area contributed by atoms with Crippen molar-refractivity contribution in [1.29, 1.82) is 0 Å². The lowest BCUT2D eigenvalue weighted by Gasteiger charge is -2.21. The number of hydrogen-bond donors (Lipinski definition) is 0. The Balaban J connectivity index is 2.35. The number of ether oxygens (including phenoxy) is 1. The van der Waals surface area contributed by atoms with Crippen molar-refractivity contribution in [3.63, 3.8) is 0 Å². The van der Waals surface area contributed by atoms with Gasteiger partial charge in [-0.2, -0.15) is 0 Å². The molecule has 1 heteroatoms. The van der Waals surface area contributed by atoms with E-state index in [0.29, 0.717) is 6.10 Å². The molecule has 0 aromatic heterocycles. The normalized spacial score (nSPS) is 25.0. The van der Waals surface area contributed by atoms with Gasteiger partial charge in [-0.1, -0.05) is 0 Å². The first-order chi connectivity index (χ1) is 5.14. The first kappa shape index (κ1) is 8.62. The van der Waals surface area contributed by atoms with Crippen LogP contribution in [-0.2, 0) is 4.74 Å². The van der Waals surface area contributed by atoms with Crippen LogP contribution in [0.25, 0.3) is 0 Å². The summed E-state index contributed by atoms with van der Waals surface area (Å²) in [6.07, 6.45) is 9.19. The summed E-state index contributed by atoms with van der Waals surface area (Å²) in [6.45, 7) is 5.11. The number of hydrogen-bond acceptors (Lipinski definition) is 1. The standard InChI is InChI=1S/C10H16O/c1-4-10(2,3)8-9-6-5-7-11-9/h1,9H,5-8H2,2-3H3/t9-/m1/s1. The summed E-state index contributed by atoms with van der Waals surface area (Å²) >= 11 is 0. The summed E-state index contributed by atoms with van der Waals surface area (Å²) in [5, 5.41) is 0. The van der Waals surface area contributed by atoms with Crippen molar-refractivity contribution >= 4 is 0 Å². The lowest BCUT2D eigenvalue weighted by Crippen LogP contribution is -2.18. The molecule has 0 saturated carbocycles. The molecule has 0 radical (unpaired) electrons. The van der Waals surface area contributed by atoms with E-state index >= 15 is 0 Å². The summed E-state index contributed by atoms with van der Waals surface area (Å²) < 4.78 is 5.50. The van der Waals surface area contributed by atoms with Gasteiger partial charge in [0.05, 0.1) is 6.10 Å². The molecule has 0 aliphatic carbocycles. The van der Waals surface area contributed by atoms with Crippen LogP contribution in [0.1, 0.15) is 33.1 Å². The van der Waals surface area contributed by atoms with Gasteiger partial charge in [0.2, 0.25) is 0 Å². The Morgan fingerprint density at radius 1 is 1.64 bits per heavy atom. The quantitative estimate of drug-likeness (QED) is 0.551. The van der Waals surface area contributed by atoms with Gasteiger partial charge >= 0.3 is 0 Å². The van der Waals surface area contributed by atoms with E-state index in [2.05, 4.69) is 19.8 Å². The van der Waals surface area contributed by atoms with E-state index in [9.17, 15) is 0 Å². The maximum absolute atomic E-state index is 5.50. The van der Waals surface area contributed by atoms with Gasteiger partial charge in [-0.3, -0.25) is 0 Å². The zero-order chi connectivity index (χ0) is 8.32. The van der Waals surface area contributed by atoms with Crippen molar-refractivity contribution in [3.8, 4) is 12.3 Å². The van der Waals surface area contributed by atoms with E-state index in [1.54, 1.807) is 0 Å². The van der Waals surface area contributed by atoms with Crippen molar-refractivity contribution < 1.29 is 4.74 Å². The van der Waals surface area contributed by atoms with Crippen molar-refractivity contribution in [2.45, 2.75) is 39.2 Å². The summed E-state index contributed by atoms with van der Waals surface area (Å²) in [5.41, 5.74) is 0.00894. The average Bonchev–Trinajstić information content (AvgIpc) is 2.39. The first-order valence-corrected chi connectivity index (χ1v) is 4.23. The molecule has 1 saturated heterocycles. The zero-order valence-corrected chi connectivity index (χ0v) is 7.39. The molecule has 0 bridgehead atoms. The largest absolute Gasteiger partial charge is 0.378 e. The first-order valence-electron chi connectivity index (χ1n) is 4.23. The maximum Gasteiger partial charge on any atom is 0.0590 e. The van der Waals surface area contributed by atoms with E-state index < -0.39 is 0 Å². The van der Waals surface area contributed by atoms with Crippen LogP contribution in [0, 0.1) is 17.8 Å². The molecule has 62 valence electrons. The van der Waals surface area contributed by atoms with Gasteiger partial charge in [0.25, 0.3) is 0 Å². The fourth-order valence-corrected chi connectivity index (χ4v) is 1.43. The molecule has 1 heterocycles. The van der Waals surface area contributed by atoms with Crippen LogP contribution in [0.3, 0.4) is 0 Å². The average molecular weight is 152 g/mol. The lowest BCUT2D eigenvalue weighted by molar-refractivity contribution is 0.0841. The molecule has 1 aliphatic heterocycles. The van der Waals surface area contributed by atoms with Crippen LogP contribution in [0.2, 0.25) is 0 Å². The van der Waals surface area contributed by atoms with Crippen molar-refractivity contribution in [2.24, 2.45) is 5.41 Å². The van der Waals surface area contributed by atoms with Crippen LogP contribution in [0.5, 0.6) is 0 Å². The van der Waals surface area contributed by atoms with Gasteiger partial charge in [-0.05, 0) is 33.1 Å². The third-order valence-electron chi connectivity index (χ3n) is 2.15. The lowest BCUT2D eigenvalue weighted by atomic mass is 9.87. The molecule has 1 fully saturated rings. The zero-order valence-electron chi connectivity index (χ0n) is 7.39. The minimum absolute atomic E-state index is 0.00894. The third kappa shape index (κ3) is 2.55. The molecular weight excluding hydrogens is 136 g/mol. The monoisotopic (exact) mass is 152 g/mol. The molecule has 0 N–H and O–H groups in total. The molecule has 0 amide bonds. The third-order valence-corrected chi connectivity index (χ3v) is 2.15. The summed E-state index contributed by atoms with van der Waals surface area (Å²) in [7, 11) is 0. The molecular formula is C10H16O. The van der Waals surface area contributed by atoms with E-state index in [1.807, 2.05) is 0 Å². The van der Waals surface area contributed by atoms with Crippen LogP contribution in [0.15, 0.2) is 0 Å². The predicted octanol–water partition coefficient (Wildman–Crippen LogP) is 2.21. The van der Waals surface area contributed by atoms with E-state index in [1.165, 1.54) is 12.8 Å². The number of terminal acetylenes is 1. The van der Waals surface area contributed by atoms with Crippen LogP contribution < -0.4 is 0 Å². The van der Waals surface area contributed by atoms with Gasteiger partial charge in [0.1, 0.15) is 0 Å². The van der Waals surface area contributed by atoms with E-state index in [-0.39, 0.29) is 5.41 Å². The molecule has 0 aromatic rings. The summed E-state index contributed by atoms with van der Waals surface area (Å²) in [5.74, 6) is 2.79. The Morgan fingerprint density at radius 2 is 2.36 bits per heavy atom. The Kier molecular flexibility index (Phi) is 2.57. The smallest absolute Gasteiger partial charge is 0.0590 e. The van der Waals surface area contributed by atoms with Gasteiger partial charge in [-0.15, -0.1) is 12.3 Å². The van der Waals surface area contributed by atoms with Crippen molar-refractivity contribution in [3.05, 3.63) is 0 Å². The van der Waals surface area contributed by atoms with Crippen LogP contribution in [-0.4, -0.2) is 12.7 Å². The molecule has 0 spiro atoms. The highest BCUT2D eigenvalue weighted by Gasteiger charge is 2.24. The van der Waals surface area contributed by atoms with Gasteiger partial charge in [-0.25, -0.2) is 0 Å². The van der Waals surface area contributed by atoms with E-state index in [4.69, 9.17) is 11.2 Å². The molecule has 1 atom stereocenters. The number of rotatable bonds is 2. The summed E-state index contributed by atoms with van der Waals surface area (Å²) in [4.78, 5) is 0. The van der Waals surface area contributed by atoms with Gasteiger partial charge in [0, 0.05) is 12.0 Å². The molecule has 1 nitrogen and oxygen atoms in total. The Bertz CT molecular complexity index is 158. The predicted molar refractivity (Wildman–Crippen MR) is 46.2 cm³/mol. The van der Waals surface area contributed by atoms with Crippen LogP contribution >= 0.6 is 0 Å². The fraction of sp³-hybridized carbons (Fsp3) is 0.800. The SMILES string of the molecule is C#CC(C)(C)C[C@H]1CCCO1. The van der Waals surface area contributed by atoms with E-state index in [0.717, 1.165) is 13.0 Å². The second kappa shape index (κ2) is 3.28. The minimum Gasteiger partial charge on any atom is -0.378 e. The Morgan fingerprint density at radius 3 is 2.82 bits per heavy atom. The highest BCUT2D eigenvalue weighted by molar-refractivity contribution is 5.01. The highest BCUT2D eigenvalue weighted by Crippen LogP contribution is 2.27. The maximum atomic E-state index is 5.50. The van der Waals surface area contributed by atoms with Gasteiger partial charge < -0.3 is 4.74 Å². The highest BCUT2D eigenvalue weighted by atomic mass is 16.5. The topological polar surface area (TPSA) is 9.23 Å². The molecule has 0 aromatic carbocycles. The van der Waals surface area contributed by atoms with Crippen LogP contribution in [0.4, 0.5) is 0 Å². The fourth-order valence-electron chi connectivity index (χ4n) is 1.43. The second-order valence-corrected chi connectivity index (χ2v) is 3.87. The minimum atomic E-state index is 0.00894. The van der Waals surface area contributed by atoms with Crippen molar-refractivity contribution in [1.82, 2.24) is 0 Å². The molecule has 0 unspecified atom stereocenters. The van der Waals surface area contributed by atoms with Crippen molar-refractivity contribution in [2.75, 3.05) is 6.61 Å². The molecule has 1 rings (SSSR count). The van der Waals surface area contributed by atoms with Gasteiger partial charge in [0.15, 0.2) is 0 Å². The summed E-state index contributed by atoms with van der Waals surface area (Å²) in [6, 6.07) is 0.